The fourth-order valence-electron chi connectivity index (χ4n) is 2.43. The van der Waals surface area contributed by atoms with E-state index in [0.29, 0.717) is 11.6 Å². The predicted octanol–water partition coefficient (Wildman–Crippen LogP) is 1.54. The zero-order chi connectivity index (χ0) is 14.4. The first-order chi connectivity index (χ1) is 9.69. The van der Waals surface area contributed by atoms with Gasteiger partial charge in [0.05, 0.1) is 11.6 Å². The highest BCUT2D eigenvalue weighted by molar-refractivity contribution is 7.09. The topological polar surface area (TPSA) is 54.5 Å². The summed E-state index contributed by atoms with van der Waals surface area (Å²) in [5, 5.41) is 5.75. The number of piperidine rings is 1. The average molecular weight is 297 g/mol. The van der Waals surface area contributed by atoms with Crippen molar-refractivity contribution >= 4 is 17.2 Å². The minimum atomic E-state index is -0.0452. The maximum absolute atomic E-state index is 11.9. The molecule has 0 saturated carbocycles. The molecule has 0 atom stereocenters. The first kappa shape index (κ1) is 15.4. The number of methoxy groups -OCH3 is 1. The minimum absolute atomic E-state index is 0.0452. The quantitative estimate of drug-likeness (QED) is 0.865. The fourth-order valence-corrected chi connectivity index (χ4v) is 3.02. The Labute approximate surface area is 124 Å². The Morgan fingerprint density at radius 1 is 1.55 bits per heavy atom. The predicted molar refractivity (Wildman–Crippen MR) is 80.2 cm³/mol. The minimum Gasteiger partial charge on any atom is -0.383 e. The number of ether oxygens (including phenoxy) is 1. The monoisotopic (exact) mass is 297 g/mol. The Bertz CT molecular complexity index is 428. The molecule has 1 saturated heterocycles. The summed E-state index contributed by atoms with van der Waals surface area (Å²) >= 11 is 1.51. The lowest BCUT2D eigenvalue weighted by Gasteiger charge is -2.31. The zero-order valence-corrected chi connectivity index (χ0v) is 13.0. The number of rotatable bonds is 6. The highest BCUT2D eigenvalue weighted by atomic mass is 32.1. The molecular formula is C14H23N3O2S. The maximum Gasteiger partial charge on any atom is 0.270 e. The number of hydrogen-bond donors (Lipinski definition) is 1. The van der Waals surface area contributed by atoms with Crippen molar-refractivity contribution in [3.8, 4) is 0 Å². The lowest BCUT2D eigenvalue weighted by molar-refractivity contribution is 0.0921. The number of amides is 1. The van der Waals surface area contributed by atoms with Gasteiger partial charge in [-0.1, -0.05) is 0 Å². The second-order valence-electron chi connectivity index (χ2n) is 5.24. The smallest absolute Gasteiger partial charge is 0.270 e. The molecule has 1 N–H and O–H groups in total. The number of aryl methyl sites for hydroxylation is 1. The van der Waals surface area contributed by atoms with Gasteiger partial charge in [-0.15, -0.1) is 11.3 Å². The second-order valence-corrected chi connectivity index (χ2v) is 6.30. The van der Waals surface area contributed by atoms with E-state index in [2.05, 4.69) is 15.2 Å². The molecule has 1 aromatic rings. The largest absolute Gasteiger partial charge is 0.383 e. The van der Waals surface area contributed by atoms with E-state index in [1.54, 1.807) is 7.11 Å². The second kappa shape index (κ2) is 7.71. The van der Waals surface area contributed by atoms with Crippen LogP contribution in [-0.4, -0.2) is 55.7 Å². The number of carbonyl (C=O) groups excluding carboxylic acids is 1. The molecule has 1 aromatic heterocycles. The van der Waals surface area contributed by atoms with Gasteiger partial charge in [0.1, 0.15) is 5.69 Å². The lowest BCUT2D eigenvalue weighted by atomic mass is 9.97. The van der Waals surface area contributed by atoms with Crippen LogP contribution in [0.2, 0.25) is 0 Å². The maximum atomic E-state index is 11.9. The number of thiazole rings is 1. The molecule has 2 heterocycles. The van der Waals surface area contributed by atoms with Gasteiger partial charge in [-0.2, -0.15) is 0 Å². The van der Waals surface area contributed by atoms with Crippen molar-refractivity contribution in [1.82, 2.24) is 15.2 Å². The van der Waals surface area contributed by atoms with Crippen LogP contribution >= 0.6 is 11.3 Å². The van der Waals surface area contributed by atoms with Crippen molar-refractivity contribution < 1.29 is 9.53 Å². The Morgan fingerprint density at radius 3 is 2.90 bits per heavy atom. The Kier molecular flexibility index (Phi) is 5.94. The van der Waals surface area contributed by atoms with Crippen molar-refractivity contribution in [2.24, 2.45) is 5.92 Å². The van der Waals surface area contributed by atoms with Gasteiger partial charge in [-0.25, -0.2) is 4.98 Å². The van der Waals surface area contributed by atoms with Crippen molar-refractivity contribution in [2.75, 3.05) is 39.9 Å². The molecule has 1 aliphatic rings. The molecule has 1 fully saturated rings. The molecule has 0 aliphatic carbocycles. The van der Waals surface area contributed by atoms with Gasteiger partial charge >= 0.3 is 0 Å². The van der Waals surface area contributed by atoms with E-state index in [0.717, 1.165) is 50.6 Å². The van der Waals surface area contributed by atoms with E-state index in [-0.39, 0.29) is 5.91 Å². The summed E-state index contributed by atoms with van der Waals surface area (Å²) in [5.74, 6) is 0.536. The van der Waals surface area contributed by atoms with Gasteiger partial charge in [0.2, 0.25) is 0 Å². The molecule has 20 heavy (non-hydrogen) atoms. The molecule has 0 unspecified atom stereocenters. The number of likely N-dealkylation sites (tertiary alicyclic amines) is 1. The summed E-state index contributed by atoms with van der Waals surface area (Å²) in [4.78, 5) is 18.5. The van der Waals surface area contributed by atoms with Gasteiger partial charge in [-0.3, -0.25) is 4.79 Å². The summed E-state index contributed by atoms with van der Waals surface area (Å²) in [7, 11) is 1.74. The zero-order valence-electron chi connectivity index (χ0n) is 12.2. The van der Waals surface area contributed by atoms with Crippen LogP contribution in [0.4, 0.5) is 0 Å². The summed E-state index contributed by atoms with van der Waals surface area (Å²) < 4.78 is 5.10. The molecule has 0 spiro atoms. The normalized spacial score (nSPS) is 17.3. The number of nitrogens with zero attached hydrogens (tertiary/aromatic N) is 2. The van der Waals surface area contributed by atoms with E-state index in [9.17, 15) is 4.79 Å². The molecule has 112 valence electrons. The highest BCUT2D eigenvalue weighted by Gasteiger charge is 2.20. The molecule has 1 amide bonds. The Balaban J connectivity index is 1.67. The molecule has 6 heteroatoms. The third kappa shape index (κ3) is 4.54. The number of carbonyl (C=O) groups is 1. The molecule has 0 aromatic carbocycles. The standard InChI is InChI=1S/C14H23N3O2S/c1-11-16-13(10-20-11)14(18)15-9-12-3-5-17(6-4-12)7-8-19-2/h10,12H,3-9H2,1-2H3,(H,15,18). The van der Waals surface area contributed by atoms with Crippen LogP contribution in [0.25, 0.3) is 0 Å². The van der Waals surface area contributed by atoms with Crippen molar-refractivity contribution in [2.45, 2.75) is 19.8 Å². The molecule has 0 bridgehead atoms. The lowest BCUT2D eigenvalue weighted by Crippen LogP contribution is -2.39. The van der Waals surface area contributed by atoms with Crippen LogP contribution in [0.5, 0.6) is 0 Å². The summed E-state index contributed by atoms with van der Waals surface area (Å²) in [6.07, 6.45) is 2.28. The van der Waals surface area contributed by atoms with Crippen molar-refractivity contribution in [1.29, 1.82) is 0 Å². The Hall–Kier alpha value is -0.980. The third-order valence-electron chi connectivity index (χ3n) is 3.72. The third-order valence-corrected chi connectivity index (χ3v) is 4.50. The van der Waals surface area contributed by atoms with Gasteiger partial charge in [0.25, 0.3) is 5.91 Å². The Morgan fingerprint density at radius 2 is 2.30 bits per heavy atom. The number of hydrogen-bond acceptors (Lipinski definition) is 5. The van der Waals surface area contributed by atoms with Crippen LogP contribution in [0, 0.1) is 12.8 Å². The van der Waals surface area contributed by atoms with Crippen LogP contribution in [0.3, 0.4) is 0 Å². The summed E-state index contributed by atoms with van der Waals surface area (Å²) in [6, 6.07) is 0. The van der Waals surface area contributed by atoms with E-state index < -0.39 is 0 Å². The van der Waals surface area contributed by atoms with Crippen LogP contribution in [0.1, 0.15) is 28.3 Å². The van der Waals surface area contributed by atoms with E-state index in [4.69, 9.17) is 4.74 Å². The molecule has 0 radical (unpaired) electrons. The van der Waals surface area contributed by atoms with Crippen molar-refractivity contribution in [3.63, 3.8) is 0 Å². The van der Waals surface area contributed by atoms with Gasteiger partial charge in [0, 0.05) is 25.6 Å². The summed E-state index contributed by atoms with van der Waals surface area (Å²) in [6.45, 7) is 6.67. The highest BCUT2D eigenvalue weighted by Crippen LogP contribution is 2.16. The van der Waals surface area contributed by atoms with Crippen molar-refractivity contribution in [3.05, 3.63) is 16.1 Å². The van der Waals surface area contributed by atoms with Crippen LogP contribution in [0.15, 0.2) is 5.38 Å². The number of nitrogens with one attached hydrogen (secondary N) is 1. The molecule has 5 nitrogen and oxygen atoms in total. The average Bonchev–Trinajstić information content (AvgIpc) is 2.90. The first-order valence-electron chi connectivity index (χ1n) is 7.10. The van der Waals surface area contributed by atoms with Gasteiger partial charge in [-0.05, 0) is 38.8 Å². The van der Waals surface area contributed by atoms with Gasteiger partial charge < -0.3 is 15.0 Å². The SMILES string of the molecule is COCCN1CCC(CNC(=O)c2csc(C)n2)CC1. The van der Waals surface area contributed by atoms with E-state index in [1.165, 1.54) is 11.3 Å². The van der Waals surface area contributed by atoms with E-state index >= 15 is 0 Å². The molecular weight excluding hydrogens is 274 g/mol. The molecule has 2 rings (SSSR count). The van der Waals surface area contributed by atoms with Gasteiger partial charge in [0.15, 0.2) is 0 Å². The molecule has 1 aliphatic heterocycles. The van der Waals surface area contributed by atoms with Crippen LogP contribution < -0.4 is 5.32 Å². The summed E-state index contributed by atoms with van der Waals surface area (Å²) in [5.41, 5.74) is 0.546. The van der Waals surface area contributed by atoms with Crippen LogP contribution in [-0.2, 0) is 4.74 Å². The van der Waals surface area contributed by atoms with E-state index in [1.807, 2.05) is 12.3 Å². The number of aromatic nitrogens is 1. The fraction of sp³-hybridized carbons (Fsp3) is 0.714. The first-order valence-corrected chi connectivity index (χ1v) is 7.98.